The quantitative estimate of drug-likeness (QED) is 0.180. The average molecular weight is 633 g/mol. The van der Waals surface area contributed by atoms with Gasteiger partial charge in [0.15, 0.2) is 0 Å². The molecule has 47 heavy (non-hydrogen) atoms. The van der Waals surface area contributed by atoms with Gasteiger partial charge < -0.3 is 24.8 Å². The molecule has 2 atom stereocenters. The minimum Gasteiger partial charge on any atom is -0.427 e. The highest BCUT2D eigenvalue weighted by molar-refractivity contribution is 5.92. The van der Waals surface area contributed by atoms with E-state index < -0.39 is 12.2 Å². The summed E-state index contributed by atoms with van der Waals surface area (Å²) in [6, 6.07) is 29.8. The van der Waals surface area contributed by atoms with E-state index in [1.165, 1.54) is 0 Å². The minimum atomic E-state index is -0.807. The Bertz CT molecular complexity index is 1740. The molecule has 2 aliphatic heterocycles. The van der Waals surface area contributed by atoms with E-state index in [0.29, 0.717) is 25.3 Å². The number of piperazine rings is 1. The van der Waals surface area contributed by atoms with Crippen LogP contribution in [0.15, 0.2) is 97.1 Å². The summed E-state index contributed by atoms with van der Waals surface area (Å²) < 4.78 is 5.47. The fourth-order valence-corrected chi connectivity index (χ4v) is 6.49. The van der Waals surface area contributed by atoms with Gasteiger partial charge in [-0.25, -0.2) is 4.79 Å². The SMILES string of the molecule is CCCCC(=O)Oc1ccc(C[C@H]2C(=O)N(Cc3cccc4ccccc34)CC3N(C(=O)NCc4ccccc4)CCC(=O)N32)cc1. The molecule has 6 rings (SSSR count). The predicted molar refractivity (Wildman–Crippen MR) is 179 cm³/mol. The summed E-state index contributed by atoms with van der Waals surface area (Å²) in [6.07, 6.45) is 1.80. The average Bonchev–Trinajstić information content (AvgIpc) is 3.09. The Morgan fingerprint density at radius 1 is 0.872 bits per heavy atom. The van der Waals surface area contributed by atoms with E-state index in [9.17, 15) is 19.2 Å². The van der Waals surface area contributed by atoms with Crippen molar-refractivity contribution in [3.63, 3.8) is 0 Å². The lowest BCUT2D eigenvalue weighted by Crippen LogP contribution is -2.72. The Hall–Kier alpha value is -5.18. The van der Waals surface area contributed by atoms with Gasteiger partial charge >= 0.3 is 12.0 Å². The standard InChI is InChI=1S/C38H40N4O5/c1-2-3-16-36(44)47-31-19-17-27(18-20-31)23-33-37(45)40(25-30-14-9-13-29-12-7-8-15-32(29)30)26-34-41(22-21-35(43)42(33)34)38(46)39-24-28-10-5-4-6-11-28/h4-15,17-20,33-34H,2-3,16,21-26H2,1H3,(H,39,46)/t33-,34?/m0/s1. The highest BCUT2D eigenvalue weighted by Gasteiger charge is 2.48. The monoisotopic (exact) mass is 632 g/mol. The van der Waals surface area contributed by atoms with Crippen LogP contribution >= 0.6 is 0 Å². The van der Waals surface area contributed by atoms with E-state index in [-0.39, 0.29) is 49.7 Å². The summed E-state index contributed by atoms with van der Waals surface area (Å²) in [7, 11) is 0. The maximum atomic E-state index is 14.3. The van der Waals surface area contributed by atoms with E-state index >= 15 is 0 Å². The number of benzene rings is 4. The predicted octanol–water partition coefficient (Wildman–Crippen LogP) is 5.66. The van der Waals surface area contributed by atoms with E-state index in [2.05, 4.69) is 5.32 Å². The number of nitrogens with zero attached hydrogens (tertiary/aromatic N) is 3. The maximum absolute atomic E-state index is 14.3. The first kappa shape index (κ1) is 31.8. The van der Waals surface area contributed by atoms with Crippen molar-refractivity contribution < 1.29 is 23.9 Å². The number of nitrogens with one attached hydrogen (secondary N) is 1. The van der Waals surface area contributed by atoms with Gasteiger partial charge in [-0.05, 0) is 46.0 Å². The zero-order valence-electron chi connectivity index (χ0n) is 26.6. The van der Waals surface area contributed by atoms with Crippen molar-refractivity contribution in [2.75, 3.05) is 13.1 Å². The third kappa shape index (κ3) is 7.30. The molecule has 242 valence electrons. The summed E-state index contributed by atoms with van der Waals surface area (Å²) in [4.78, 5) is 58.8. The van der Waals surface area contributed by atoms with E-state index in [1.54, 1.807) is 26.8 Å². The van der Waals surface area contributed by atoms with Gasteiger partial charge in [-0.3, -0.25) is 14.4 Å². The topological polar surface area (TPSA) is 99.3 Å². The van der Waals surface area contributed by atoms with Crippen molar-refractivity contribution in [1.29, 1.82) is 0 Å². The summed E-state index contributed by atoms with van der Waals surface area (Å²) in [5, 5.41) is 5.16. The molecule has 4 amide bonds. The second-order valence-electron chi connectivity index (χ2n) is 12.2. The number of carbonyl (C=O) groups excluding carboxylic acids is 4. The van der Waals surface area contributed by atoms with Crippen LogP contribution in [0.2, 0.25) is 0 Å². The third-order valence-corrected chi connectivity index (χ3v) is 8.96. The van der Waals surface area contributed by atoms with Crippen molar-refractivity contribution >= 4 is 34.6 Å². The molecule has 0 radical (unpaired) electrons. The largest absolute Gasteiger partial charge is 0.427 e. The van der Waals surface area contributed by atoms with Gasteiger partial charge in [0.25, 0.3) is 0 Å². The molecule has 0 spiro atoms. The third-order valence-electron chi connectivity index (χ3n) is 8.96. The molecule has 2 heterocycles. The highest BCUT2D eigenvalue weighted by atomic mass is 16.5. The number of unbranched alkanes of at least 4 members (excludes halogenated alkanes) is 1. The first-order valence-electron chi connectivity index (χ1n) is 16.4. The number of rotatable bonds is 10. The van der Waals surface area contributed by atoms with Crippen LogP contribution in [0.5, 0.6) is 5.75 Å². The van der Waals surface area contributed by atoms with Crippen LogP contribution in [0, 0.1) is 0 Å². The molecule has 1 N–H and O–H groups in total. The van der Waals surface area contributed by atoms with Gasteiger partial charge in [0, 0.05) is 38.9 Å². The summed E-state index contributed by atoms with van der Waals surface area (Å²) in [6.45, 7) is 3.19. The Balaban J connectivity index is 1.27. The van der Waals surface area contributed by atoms with Crippen LogP contribution in [0.1, 0.15) is 49.3 Å². The molecule has 0 bridgehead atoms. The van der Waals surface area contributed by atoms with Crippen LogP contribution in [0.4, 0.5) is 4.79 Å². The van der Waals surface area contributed by atoms with Crippen LogP contribution in [-0.4, -0.2) is 63.8 Å². The first-order valence-corrected chi connectivity index (χ1v) is 16.4. The molecule has 9 nitrogen and oxygen atoms in total. The zero-order valence-corrected chi connectivity index (χ0v) is 26.6. The highest BCUT2D eigenvalue weighted by Crippen LogP contribution is 2.30. The number of fused-ring (bicyclic) bond motifs is 2. The lowest BCUT2D eigenvalue weighted by molar-refractivity contribution is -0.167. The van der Waals surface area contributed by atoms with Crippen molar-refractivity contribution in [2.24, 2.45) is 0 Å². The Morgan fingerprint density at radius 2 is 1.62 bits per heavy atom. The van der Waals surface area contributed by atoms with Gasteiger partial charge in [0.2, 0.25) is 11.8 Å². The molecule has 9 heteroatoms. The van der Waals surface area contributed by atoms with Crippen LogP contribution in [-0.2, 0) is 33.9 Å². The van der Waals surface area contributed by atoms with E-state index in [1.807, 2.05) is 91.9 Å². The second kappa shape index (κ2) is 14.5. The summed E-state index contributed by atoms with van der Waals surface area (Å²) in [5.74, 6) is -0.148. The smallest absolute Gasteiger partial charge is 0.319 e. The normalized spacial score (nSPS) is 17.9. The minimum absolute atomic E-state index is 0.134. The van der Waals surface area contributed by atoms with Gasteiger partial charge in [-0.1, -0.05) is 98.3 Å². The number of amides is 4. The van der Waals surface area contributed by atoms with Gasteiger partial charge in [-0.2, -0.15) is 0 Å². The number of ether oxygens (including phenoxy) is 1. The van der Waals surface area contributed by atoms with Crippen LogP contribution in [0.25, 0.3) is 10.8 Å². The van der Waals surface area contributed by atoms with Crippen molar-refractivity contribution in [1.82, 2.24) is 20.0 Å². The van der Waals surface area contributed by atoms with Gasteiger partial charge in [0.05, 0.1) is 6.54 Å². The molecule has 4 aromatic carbocycles. The van der Waals surface area contributed by atoms with Gasteiger partial charge in [0.1, 0.15) is 18.0 Å². The Kier molecular flexibility index (Phi) is 9.80. The summed E-state index contributed by atoms with van der Waals surface area (Å²) >= 11 is 0. The molecule has 2 saturated heterocycles. The molecule has 0 saturated carbocycles. The number of hydrogen-bond donors (Lipinski definition) is 1. The lowest BCUT2D eigenvalue weighted by atomic mass is 9.96. The van der Waals surface area contributed by atoms with E-state index in [4.69, 9.17) is 4.74 Å². The number of urea groups is 1. The van der Waals surface area contributed by atoms with Crippen molar-refractivity contribution in [3.05, 3.63) is 114 Å². The second-order valence-corrected chi connectivity index (χ2v) is 12.2. The fourth-order valence-electron chi connectivity index (χ4n) is 6.49. The van der Waals surface area contributed by atoms with Gasteiger partial charge in [-0.15, -0.1) is 0 Å². The molecule has 1 unspecified atom stereocenters. The van der Waals surface area contributed by atoms with Crippen LogP contribution < -0.4 is 10.1 Å². The molecule has 0 aliphatic carbocycles. The number of hydrogen-bond acceptors (Lipinski definition) is 5. The van der Waals surface area contributed by atoms with Crippen molar-refractivity contribution in [2.45, 2.75) is 64.3 Å². The van der Waals surface area contributed by atoms with Crippen molar-refractivity contribution in [3.8, 4) is 5.75 Å². The number of carbonyl (C=O) groups is 4. The zero-order chi connectivity index (χ0) is 32.8. The maximum Gasteiger partial charge on any atom is 0.319 e. The Labute approximate surface area is 275 Å². The molecule has 0 aromatic heterocycles. The summed E-state index contributed by atoms with van der Waals surface area (Å²) in [5.41, 5.74) is 2.79. The molecular weight excluding hydrogens is 592 g/mol. The molecule has 2 fully saturated rings. The number of esters is 1. The fraction of sp³-hybridized carbons (Fsp3) is 0.316. The molecular formula is C38H40N4O5. The Morgan fingerprint density at radius 3 is 2.40 bits per heavy atom. The first-order chi connectivity index (χ1) is 22.9. The lowest BCUT2D eigenvalue weighted by Gasteiger charge is -2.52. The van der Waals surface area contributed by atoms with Crippen LogP contribution in [0.3, 0.4) is 0 Å². The molecule has 2 aliphatic rings. The van der Waals surface area contributed by atoms with E-state index in [0.717, 1.165) is 40.3 Å². The molecule has 4 aromatic rings.